The lowest BCUT2D eigenvalue weighted by Gasteiger charge is -2.22. The molecule has 0 saturated heterocycles. The molecule has 1 heterocycles. The maximum atomic E-state index is 10.7. The summed E-state index contributed by atoms with van der Waals surface area (Å²) in [5.74, 6) is -0.348. The summed E-state index contributed by atoms with van der Waals surface area (Å²) in [7, 11) is 0. The molecule has 1 unspecified atom stereocenters. The second kappa shape index (κ2) is 3.31. The van der Waals surface area contributed by atoms with E-state index >= 15 is 0 Å². The Kier molecular flexibility index (Phi) is 2.13. The third-order valence-electron chi connectivity index (χ3n) is 2.35. The van der Waals surface area contributed by atoms with Crippen LogP contribution in [0.15, 0.2) is 18.2 Å². The lowest BCUT2D eigenvalue weighted by atomic mass is 10.00. The fraction of sp³-hybridized carbons (Fsp3) is 0.300. The van der Waals surface area contributed by atoms with Crippen molar-refractivity contribution >= 4 is 5.97 Å². The first-order valence-electron chi connectivity index (χ1n) is 4.44. The van der Waals surface area contributed by atoms with E-state index in [1.807, 2.05) is 0 Å². The van der Waals surface area contributed by atoms with Crippen LogP contribution < -0.4 is 10.5 Å². The zero-order valence-corrected chi connectivity index (χ0v) is 7.56. The Hall–Kier alpha value is -1.55. The van der Waals surface area contributed by atoms with Gasteiger partial charge in [-0.25, -0.2) is 4.79 Å². The molecule has 1 aromatic rings. The average molecular weight is 193 g/mol. The highest BCUT2D eigenvalue weighted by Crippen LogP contribution is 2.31. The Morgan fingerprint density at radius 1 is 1.57 bits per heavy atom. The Bertz CT molecular complexity index is 376. The van der Waals surface area contributed by atoms with Crippen molar-refractivity contribution in [1.82, 2.24) is 0 Å². The molecule has 1 aromatic carbocycles. The fourth-order valence-electron chi connectivity index (χ4n) is 1.55. The molecule has 0 fully saturated rings. The first-order valence-corrected chi connectivity index (χ1v) is 4.44. The predicted molar refractivity (Wildman–Crippen MR) is 50.4 cm³/mol. The van der Waals surface area contributed by atoms with Crippen LogP contribution in [0.1, 0.15) is 28.4 Å². The molecule has 0 spiro atoms. The van der Waals surface area contributed by atoms with Gasteiger partial charge >= 0.3 is 5.97 Å². The molecule has 14 heavy (non-hydrogen) atoms. The summed E-state index contributed by atoms with van der Waals surface area (Å²) in [6.07, 6.45) is 0.777. The molecule has 1 aliphatic rings. The number of carbonyl (C=O) groups is 1. The van der Waals surface area contributed by atoms with Crippen LogP contribution in [0.25, 0.3) is 0 Å². The number of nitrogens with two attached hydrogens (primary N) is 1. The van der Waals surface area contributed by atoms with Gasteiger partial charge in [-0.15, -0.1) is 0 Å². The number of fused-ring (bicyclic) bond motifs is 1. The molecule has 1 aliphatic heterocycles. The molecule has 74 valence electrons. The summed E-state index contributed by atoms with van der Waals surface area (Å²) in [4.78, 5) is 10.7. The predicted octanol–water partition coefficient (Wildman–Crippen LogP) is 1.17. The third-order valence-corrected chi connectivity index (χ3v) is 2.35. The standard InChI is InChI=1S/C10H11NO3/c11-8-3-4-14-9-5-6(10(12)13)1-2-7(8)9/h1-2,5,8H,3-4,11H2,(H,12,13). The van der Waals surface area contributed by atoms with Gasteiger partial charge in [0.15, 0.2) is 0 Å². The highest BCUT2D eigenvalue weighted by Gasteiger charge is 2.19. The van der Waals surface area contributed by atoms with E-state index in [1.165, 1.54) is 6.07 Å². The van der Waals surface area contributed by atoms with Crippen molar-refractivity contribution in [2.75, 3.05) is 6.61 Å². The number of hydrogen-bond acceptors (Lipinski definition) is 3. The maximum absolute atomic E-state index is 10.7. The van der Waals surface area contributed by atoms with Crippen molar-refractivity contribution in [1.29, 1.82) is 0 Å². The minimum atomic E-state index is -0.949. The maximum Gasteiger partial charge on any atom is 0.335 e. The van der Waals surface area contributed by atoms with Crippen LogP contribution in [0.4, 0.5) is 0 Å². The highest BCUT2D eigenvalue weighted by atomic mass is 16.5. The Morgan fingerprint density at radius 2 is 2.36 bits per heavy atom. The highest BCUT2D eigenvalue weighted by molar-refractivity contribution is 5.88. The van der Waals surface area contributed by atoms with Crippen molar-refractivity contribution in [2.24, 2.45) is 5.73 Å². The van der Waals surface area contributed by atoms with Gasteiger partial charge in [0.1, 0.15) is 5.75 Å². The molecular weight excluding hydrogens is 182 g/mol. The topological polar surface area (TPSA) is 72.5 Å². The normalized spacial score (nSPS) is 19.6. The SMILES string of the molecule is NC1CCOc2cc(C(=O)O)ccc21. The van der Waals surface area contributed by atoms with Gasteiger partial charge in [0.2, 0.25) is 0 Å². The Balaban J connectivity index is 2.44. The summed E-state index contributed by atoms with van der Waals surface area (Å²) in [6, 6.07) is 4.76. The average Bonchev–Trinajstić information content (AvgIpc) is 2.17. The molecule has 0 aromatic heterocycles. The summed E-state index contributed by atoms with van der Waals surface area (Å²) >= 11 is 0. The summed E-state index contributed by atoms with van der Waals surface area (Å²) in [6.45, 7) is 0.553. The van der Waals surface area contributed by atoms with Crippen molar-refractivity contribution < 1.29 is 14.6 Å². The van der Waals surface area contributed by atoms with E-state index in [-0.39, 0.29) is 11.6 Å². The second-order valence-electron chi connectivity index (χ2n) is 3.30. The van der Waals surface area contributed by atoms with Crippen LogP contribution in [0.2, 0.25) is 0 Å². The van der Waals surface area contributed by atoms with E-state index in [0.717, 1.165) is 12.0 Å². The molecule has 0 saturated carbocycles. The monoisotopic (exact) mass is 193 g/mol. The number of ether oxygens (including phenoxy) is 1. The van der Waals surface area contributed by atoms with Gasteiger partial charge in [0, 0.05) is 18.0 Å². The van der Waals surface area contributed by atoms with Gasteiger partial charge in [-0.05, 0) is 12.1 Å². The largest absolute Gasteiger partial charge is 0.493 e. The quantitative estimate of drug-likeness (QED) is 0.702. The molecule has 4 heteroatoms. The number of aromatic carboxylic acids is 1. The van der Waals surface area contributed by atoms with Crippen LogP contribution in [0.3, 0.4) is 0 Å². The number of carboxylic acids is 1. The van der Waals surface area contributed by atoms with E-state index in [9.17, 15) is 4.79 Å². The molecule has 0 bridgehead atoms. The first kappa shape index (κ1) is 9.02. The van der Waals surface area contributed by atoms with E-state index < -0.39 is 5.97 Å². The molecule has 3 N–H and O–H groups in total. The van der Waals surface area contributed by atoms with Crippen LogP contribution >= 0.6 is 0 Å². The summed E-state index contributed by atoms with van der Waals surface area (Å²) < 4.78 is 5.34. The molecule has 0 aliphatic carbocycles. The van der Waals surface area contributed by atoms with Crippen molar-refractivity contribution in [3.05, 3.63) is 29.3 Å². The van der Waals surface area contributed by atoms with Gasteiger partial charge < -0.3 is 15.6 Å². The van der Waals surface area contributed by atoms with Gasteiger partial charge in [-0.3, -0.25) is 0 Å². The molecule has 1 atom stereocenters. The zero-order valence-electron chi connectivity index (χ0n) is 7.56. The minimum Gasteiger partial charge on any atom is -0.493 e. The zero-order chi connectivity index (χ0) is 10.1. The molecule has 4 nitrogen and oxygen atoms in total. The Morgan fingerprint density at radius 3 is 3.07 bits per heavy atom. The number of benzene rings is 1. The first-order chi connectivity index (χ1) is 6.68. The van der Waals surface area contributed by atoms with E-state index in [0.29, 0.717) is 12.4 Å². The van der Waals surface area contributed by atoms with Crippen molar-refractivity contribution in [2.45, 2.75) is 12.5 Å². The van der Waals surface area contributed by atoms with Crippen molar-refractivity contribution in [3.8, 4) is 5.75 Å². The lowest BCUT2D eigenvalue weighted by molar-refractivity contribution is 0.0696. The summed E-state index contributed by atoms with van der Waals surface area (Å²) in [5, 5.41) is 8.77. The van der Waals surface area contributed by atoms with Gasteiger partial charge in [0.05, 0.1) is 12.2 Å². The molecular formula is C10H11NO3. The molecule has 0 radical (unpaired) electrons. The molecule has 2 rings (SSSR count). The number of hydrogen-bond donors (Lipinski definition) is 2. The van der Waals surface area contributed by atoms with Crippen LogP contribution in [0.5, 0.6) is 5.75 Å². The van der Waals surface area contributed by atoms with E-state index in [2.05, 4.69) is 0 Å². The van der Waals surface area contributed by atoms with Gasteiger partial charge in [-0.2, -0.15) is 0 Å². The number of carboxylic acid groups (broad SMARTS) is 1. The van der Waals surface area contributed by atoms with E-state index in [4.69, 9.17) is 15.6 Å². The smallest absolute Gasteiger partial charge is 0.335 e. The van der Waals surface area contributed by atoms with Crippen LogP contribution in [-0.4, -0.2) is 17.7 Å². The second-order valence-corrected chi connectivity index (χ2v) is 3.30. The molecule has 0 amide bonds. The summed E-state index contributed by atoms with van der Waals surface area (Å²) in [5.41, 5.74) is 6.97. The van der Waals surface area contributed by atoms with Crippen LogP contribution in [-0.2, 0) is 0 Å². The van der Waals surface area contributed by atoms with Crippen molar-refractivity contribution in [3.63, 3.8) is 0 Å². The fourth-order valence-corrected chi connectivity index (χ4v) is 1.55. The third kappa shape index (κ3) is 1.44. The van der Waals surface area contributed by atoms with Gasteiger partial charge in [0.25, 0.3) is 0 Å². The minimum absolute atomic E-state index is 0.0402. The lowest BCUT2D eigenvalue weighted by Crippen LogP contribution is -2.20. The van der Waals surface area contributed by atoms with E-state index in [1.54, 1.807) is 12.1 Å². The van der Waals surface area contributed by atoms with Gasteiger partial charge in [-0.1, -0.05) is 6.07 Å². The Labute approximate surface area is 81.3 Å². The number of rotatable bonds is 1. The van der Waals surface area contributed by atoms with Crippen LogP contribution in [0, 0.1) is 0 Å².